The van der Waals surface area contributed by atoms with Crippen LogP contribution >= 0.6 is 8.37 Å². The van der Waals surface area contributed by atoms with Gasteiger partial charge in [0.05, 0.1) is 10.8 Å². The summed E-state index contributed by atoms with van der Waals surface area (Å²) in [5, 5.41) is -0.0127. The molecule has 0 amide bonds. The average molecular weight is 426 g/mol. The van der Waals surface area contributed by atoms with E-state index in [1.54, 1.807) is 0 Å². The summed E-state index contributed by atoms with van der Waals surface area (Å²) in [6.45, 7) is 32.3. The number of hydrogen-bond donors (Lipinski definition) is 0. The van der Waals surface area contributed by atoms with Gasteiger partial charge in [-0.2, -0.15) is 0 Å². The second kappa shape index (κ2) is 7.74. The first-order valence-corrected chi connectivity index (χ1v) is 12.1. The fourth-order valence-electron chi connectivity index (χ4n) is 4.19. The average Bonchev–Trinajstić information content (AvgIpc) is 2.73. The zero-order chi connectivity index (χ0) is 23.4. The molecule has 30 heavy (non-hydrogen) atoms. The lowest BCUT2D eigenvalue weighted by molar-refractivity contribution is 0.550. The molecule has 1 nitrogen and oxygen atoms in total. The molecule has 0 unspecified atom stereocenters. The number of allylic oxidation sites excluding steroid dienone is 4. The number of rotatable bonds is 2. The molecule has 0 saturated carbocycles. The molecule has 0 spiro atoms. The molecule has 166 valence electrons. The van der Waals surface area contributed by atoms with Crippen LogP contribution < -0.4 is 0 Å². The van der Waals surface area contributed by atoms with Crippen LogP contribution in [0.5, 0.6) is 0 Å². The summed E-state index contributed by atoms with van der Waals surface area (Å²) >= 11 is 0. The summed E-state index contributed by atoms with van der Waals surface area (Å²) in [6, 6.07) is 4.84. The SMILES string of the molecule is CC1=C(C)C(C)(P=Nc2c(C(C)(C)C)cc(C(C)(C)C)cc2C(C)(C)C)C(C)=C1C. The molecule has 0 aromatic heterocycles. The first kappa shape index (κ1) is 25.1. The minimum atomic E-state index is -0.0127. The summed E-state index contributed by atoms with van der Waals surface area (Å²) in [4.78, 5) is 0. The Morgan fingerprint density at radius 3 is 1.33 bits per heavy atom. The van der Waals surface area contributed by atoms with Gasteiger partial charge in [0, 0.05) is 8.37 Å². The smallest absolute Gasteiger partial charge is 0.0750 e. The van der Waals surface area contributed by atoms with Gasteiger partial charge in [0.2, 0.25) is 0 Å². The Kier molecular flexibility index (Phi) is 6.46. The van der Waals surface area contributed by atoms with Crippen LogP contribution in [-0.2, 0) is 16.2 Å². The highest BCUT2D eigenvalue weighted by atomic mass is 31.1. The van der Waals surface area contributed by atoms with E-state index >= 15 is 0 Å². The Labute approximate surface area is 188 Å². The third-order valence-electron chi connectivity index (χ3n) is 7.09. The fourth-order valence-corrected chi connectivity index (χ4v) is 5.34. The Hall–Kier alpha value is -1.20. The third kappa shape index (κ3) is 4.52. The lowest BCUT2D eigenvalue weighted by Crippen LogP contribution is -2.21. The van der Waals surface area contributed by atoms with Crippen molar-refractivity contribution in [2.75, 3.05) is 0 Å². The summed E-state index contributed by atoms with van der Waals surface area (Å²) in [6.07, 6.45) is 0. The minimum Gasteiger partial charge on any atom is -0.231 e. The molecule has 0 radical (unpaired) electrons. The van der Waals surface area contributed by atoms with Crippen molar-refractivity contribution < 1.29 is 0 Å². The maximum Gasteiger partial charge on any atom is 0.0750 e. The Bertz CT molecular complexity index is 875. The van der Waals surface area contributed by atoms with E-state index in [0.717, 1.165) is 8.37 Å². The molecule has 0 bridgehead atoms. The van der Waals surface area contributed by atoms with Gasteiger partial charge in [-0.05, 0) is 78.7 Å². The molecular formula is C28H44NP. The predicted molar refractivity (Wildman–Crippen MR) is 137 cm³/mol. The number of hydrogen-bond acceptors (Lipinski definition) is 1. The second-order valence-electron chi connectivity index (χ2n) is 12.4. The molecule has 1 aliphatic carbocycles. The second-order valence-corrected chi connectivity index (χ2v) is 13.7. The largest absolute Gasteiger partial charge is 0.231 e. The summed E-state index contributed by atoms with van der Waals surface area (Å²) < 4.78 is 5.39. The van der Waals surface area contributed by atoms with Crippen molar-refractivity contribution in [3.05, 3.63) is 51.1 Å². The highest BCUT2D eigenvalue weighted by molar-refractivity contribution is 7.30. The van der Waals surface area contributed by atoms with E-state index in [0.29, 0.717) is 0 Å². The van der Waals surface area contributed by atoms with Gasteiger partial charge in [0.25, 0.3) is 0 Å². The standard InChI is InChI=1S/C28H44NP/c1-17-18(2)20(4)28(14,19(17)3)30-29-24-22(26(8,9)10)15-21(25(5,6)7)16-23(24)27(11,12)13/h15-16H,1-14H3. The summed E-state index contributed by atoms with van der Waals surface area (Å²) in [5.41, 5.74) is 11.3. The topological polar surface area (TPSA) is 12.4 Å². The van der Waals surface area contributed by atoms with E-state index in [1.807, 2.05) is 0 Å². The van der Waals surface area contributed by atoms with Crippen molar-refractivity contribution in [1.82, 2.24) is 0 Å². The van der Waals surface area contributed by atoms with Gasteiger partial charge in [-0.15, -0.1) is 0 Å². The van der Waals surface area contributed by atoms with Crippen LogP contribution in [-0.4, -0.2) is 5.16 Å². The molecule has 0 saturated heterocycles. The van der Waals surface area contributed by atoms with Gasteiger partial charge in [0.1, 0.15) is 0 Å². The third-order valence-corrected chi connectivity index (χ3v) is 8.46. The zero-order valence-electron chi connectivity index (χ0n) is 22.0. The van der Waals surface area contributed by atoms with Gasteiger partial charge in [-0.1, -0.05) is 85.6 Å². The van der Waals surface area contributed by atoms with Crippen molar-refractivity contribution in [1.29, 1.82) is 0 Å². The van der Waals surface area contributed by atoms with Crippen LogP contribution in [0.1, 0.15) is 114 Å². The van der Waals surface area contributed by atoms with E-state index in [4.69, 9.17) is 4.74 Å². The van der Waals surface area contributed by atoms with E-state index in [-0.39, 0.29) is 21.4 Å². The van der Waals surface area contributed by atoms with Gasteiger partial charge < -0.3 is 0 Å². The first-order chi connectivity index (χ1) is 13.3. The Morgan fingerprint density at radius 2 is 1.03 bits per heavy atom. The molecule has 2 heteroatoms. The lowest BCUT2D eigenvalue weighted by Gasteiger charge is -2.32. The number of benzene rings is 1. The molecule has 0 aliphatic heterocycles. The van der Waals surface area contributed by atoms with Crippen LogP contribution in [0.15, 0.2) is 39.2 Å². The quantitative estimate of drug-likeness (QED) is 0.418. The van der Waals surface area contributed by atoms with Crippen molar-refractivity contribution in [3.63, 3.8) is 0 Å². The summed E-state index contributed by atoms with van der Waals surface area (Å²) in [5.74, 6) is 0. The zero-order valence-corrected chi connectivity index (χ0v) is 22.9. The lowest BCUT2D eigenvalue weighted by atomic mass is 9.74. The maximum atomic E-state index is 5.39. The highest BCUT2D eigenvalue weighted by Crippen LogP contribution is 2.51. The van der Waals surface area contributed by atoms with Crippen LogP contribution in [0.3, 0.4) is 0 Å². The highest BCUT2D eigenvalue weighted by Gasteiger charge is 2.36. The van der Waals surface area contributed by atoms with Crippen molar-refractivity contribution in [2.24, 2.45) is 4.74 Å². The molecule has 2 rings (SSSR count). The van der Waals surface area contributed by atoms with E-state index in [2.05, 4.69) is 109 Å². The maximum absolute atomic E-state index is 5.39. The van der Waals surface area contributed by atoms with Crippen LogP contribution in [0.2, 0.25) is 0 Å². The first-order valence-electron chi connectivity index (χ1n) is 11.3. The van der Waals surface area contributed by atoms with Gasteiger partial charge >= 0.3 is 0 Å². The molecule has 0 N–H and O–H groups in total. The van der Waals surface area contributed by atoms with Crippen LogP contribution in [0, 0.1) is 0 Å². The van der Waals surface area contributed by atoms with Gasteiger partial charge in [-0.3, -0.25) is 0 Å². The van der Waals surface area contributed by atoms with Crippen molar-refractivity contribution in [3.8, 4) is 0 Å². The van der Waals surface area contributed by atoms with Gasteiger partial charge in [0.15, 0.2) is 0 Å². The van der Waals surface area contributed by atoms with Crippen molar-refractivity contribution in [2.45, 2.75) is 118 Å². The molecule has 1 aliphatic rings. The van der Waals surface area contributed by atoms with E-state index in [9.17, 15) is 0 Å². The van der Waals surface area contributed by atoms with Crippen LogP contribution in [0.25, 0.3) is 0 Å². The molecule has 0 heterocycles. The fraction of sp³-hybridized carbons (Fsp3) is 0.643. The molecular weight excluding hydrogens is 381 g/mol. The van der Waals surface area contributed by atoms with Crippen LogP contribution in [0.4, 0.5) is 5.69 Å². The minimum absolute atomic E-state index is 0.0127. The van der Waals surface area contributed by atoms with E-state index in [1.165, 1.54) is 44.7 Å². The molecule has 1 aromatic carbocycles. The molecule has 0 fully saturated rings. The predicted octanol–water partition coefficient (Wildman–Crippen LogP) is 9.79. The Morgan fingerprint density at radius 1 is 0.667 bits per heavy atom. The normalized spacial score (nSPS) is 18.2. The van der Waals surface area contributed by atoms with E-state index < -0.39 is 0 Å². The monoisotopic (exact) mass is 425 g/mol. The molecule has 0 atom stereocenters. The Balaban J connectivity index is 2.84. The van der Waals surface area contributed by atoms with Crippen molar-refractivity contribution >= 4 is 14.1 Å². The number of nitrogens with zero attached hydrogens (tertiary/aromatic N) is 1. The van der Waals surface area contributed by atoms with Gasteiger partial charge in [-0.25, -0.2) is 4.74 Å². The molecule has 1 aromatic rings. The summed E-state index contributed by atoms with van der Waals surface area (Å²) in [7, 11) is 1.12.